The lowest BCUT2D eigenvalue weighted by molar-refractivity contribution is -0.122. The molecule has 18 heavy (non-hydrogen) atoms. The summed E-state index contributed by atoms with van der Waals surface area (Å²) in [6.07, 6.45) is 3.23. The van der Waals surface area contributed by atoms with Gasteiger partial charge in [0.25, 0.3) is 0 Å². The monoisotopic (exact) mass is 258 g/mol. The number of carbonyl (C=O) groups is 1. The minimum Gasteiger partial charge on any atom is -0.380 e. The molecule has 0 aliphatic heterocycles. The Bertz CT molecular complexity index is 208. The molecular formula is C14H30N2O2. The van der Waals surface area contributed by atoms with Crippen LogP contribution in [0.1, 0.15) is 47.0 Å². The first-order valence-corrected chi connectivity index (χ1v) is 7.16. The first kappa shape index (κ1) is 17.4. The third-order valence-corrected chi connectivity index (χ3v) is 2.76. The van der Waals surface area contributed by atoms with Gasteiger partial charge < -0.3 is 15.4 Å². The molecule has 4 nitrogen and oxygen atoms in total. The van der Waals surface area contributed by atoms with E-state index in [0.29, 0.717) is 12.5 Å². The fourth-order valence-corrected chi connectivity index (χ4v) is 1.40. The van der Waals surface area contributed by atoms with E-state index < -0.39 is 0 Å². The Morgan fingerprint density at radius 2 is 1.89 bits per heavy atom. The van der Waals surface area contributed by atoms with Crippen molar-refractivity contribution in [1.29, 1.82) is 0 Å². The van der Waals surface area contributed by atoms with Crippen LogP contribution >= 0.6 is 0 Å². The molecule has 0 aromatic rings. The lowest BCUT2D eigenvalue weighted by Gasteiger charge is -2.14. The minimum atomic E-state index is -0.143. The first-order chi connectivity index (χ1) is 8.57. The Morgan fingerprint density at radius 3 is 2.50 bits per heavy atom. The van der Waals surface area contributed by atoms with Crippen molar-refractivity contribution in [2.75, 3.05) is 26.3 Å². The van der Waals surface area contributed by atoms with Crippen molar-refractivity contribution >= 4 is 5.91 Å². The van der Waals surface area contributed by atoms with Crippen LogP contribution < -0.4 is 10.6 Å². The summed E-state index contributed by atoms with van der Waals surface area (Å²) in [6, 6.07) is -0.143. The molecule has 0 spiro atoms. The van der Waals surface area contributed by atoms with Gasteiger partial charge in [0.1, 0.15) is 0 Å². The van der Waals surface area contributed by atoms with Gasteiger partial charge in [-0.3, -0.25) is 4.79 Å². The van der Waals surface area contributed by atoms with E-state index in [0.717, 1.165) is 39.0 Å². The Hall–Kier alpha value is -0.610. The van der Waals surface area contributed by atoms with E-state index in [4.69, 9.17) is 4.74 Å². The molecular weight excluding hydrogens is 228 g/mol. The highest BCUT2D eigenvalue weighted by molar-refractivity contribution is 5.81. The lowest BCUT2D eigenvalue weighted by Crippen LogP contribution is -2.43. The summed E-state index contributed by atoms with van der Waals surface area (Å²) in [5, 5.41) is 6.07. The zero-order valence-corrected chi connectivity index (χ0v) is 12.4. The molecule has 0 aliphatic rings. The van der Waals surface area contributed by atoms with Crippen LogP contribution in [0, 0.1) is 5.92 Å². The van der Waals surface area contributed by atoms with Gasteiger partial charge in [-0.05, 0) is 25.7 Å². The molecule has 0 rings (SSSR count). The number of hydrogen-bond donors (Lipinski definition) is 2. The normalized spacial score (nSPS) is 12.7. The minimum absolute atomic E-state index is 0.0747. The van der Waals surface area contributed by atoms with Gasteiger partial charge in [-0.15, -0.1) is 0 Å². The van der Waals surface area contributed by atoms with E-state index in [-0.39, 0.29) is 11.9 Å². The molecule has 0 aromatic heterocycles. The third kappa shape index (κ3) is 10.5. The van der Waals surface area contributed by atoms with Gasteiger partial charge in [0, 0.05) is 19.7 Å². The number of hydrogen-bond acceptors (Lipinski definition) is 3. The highest BCUT2D eigenvalue weighted by Gasteiger charge is 2.10. The fourth-order valence-electron chi connectivity index (χ4n) is 1.40. The molecule has 0 bridgehead atoms. The maximum absolute atomic E-state index is 11.6. The van der Waals surface area contributed by atoms with E-state index in [2.05, 4.69) is 31.4 Å². The predicted octanol–water partition coefficient (Wildman–Crippen LogP) is 1.94. The number of rotatable bonds is 11. The third-order valence-electron chi connectivity index (χ3n) is 2.76. The van der Waals surface area contributed by atoms with Gasteiger partial charge in [-0.1, -0.05) is 27.2 Å². The molecule has 0 heterocycles. The van der Waals surface area contributed by atoms with E-state index in [1.54, 1.807) is 0 Å². The average molecular weight is 258 g/mol. The van der Waals surface area contributed by atoms with Crippen molar-refractivity contribution in [2.45, 2.75) is 53.0 Å². The number of nitrogens with one attached hydrogen (secondary N) is 2. The van der Waals surface area contributed by atoms with Gasteiger partial charge in [-0.2, -0.15) is 0 Å². The van der Waals surface area contributed by atoms with Crippen LogP contribution in [0.3, 0.4) is 0 Å². The van der Waals surface area contributed by atoms with Crippen molar-refractivity contribution < 1.29 is 9.53 Å². The van der Waals surface area contributed by atoms with Gasteiger partial charge >= 0.3 is 0 Å². The van der Waals surface area contributed by atoms with E-state index in [9.17, 15) is 4.79 Å². The smallest absolute Gasteiger partial charge is 0.236 e. The molecule has 2 N–H and O–H groups in total. The molecule has 0 fully saturated rings. The molecule has 4 heteroatoms. The second kappa shape index (κ2) is 11.5. The summed E-state index contributed by atoms with van der Waals surface area (Å²) in [4.78, 5) is 11.6. The van der Waals surface area contributed by atoms with Crippen LogP contribution in [-0.2, 0) is 9.53 Å². The maximum atomic E-state index is 11.6. The molecule has 0 aliphatic carbocycles. The highest BCUT2D eigenvalue weighted by Crippen LogP contribution is 1.98. The lowest BCUT2D eigenvalue weighted by atomic mass is 10.1. The topological polar surface area (TPSA) is 50.4 Å². The van der Waals surface area contributed by atoms with E-state index in [1.165, 1.54) is 0 Å². The zero-order chi connectivity index (χ0) is 13.8. The number of unbranched alkanes of at least 4 members (excludes halogenated alkanes) is 1. The summed E-state index contributed by atoms with van der Waals surface area (Å²) in [5.74, 6) is 0.756. The molecule has 1 unspecified atom stereocenters. The molecule has 0 radical (unpaired) electrons. The van der Waals surface area contributed by atoms with E-state index >= 15 is 0 Å². The summed E-state index contributed by atoms with van der Waals surface area (Å²) >= 11 is 0. The molecule has 1 amide bonds. The Balaban J connectivity index is 3.40. The van der Waals surface area contributed by atoms with Crippen LogP contribution in [0.5, 0.6) is 0 Å². The highest BCUT2D eigenvalue weighted by atomic mass is 16.5. The van der Waals surface area contributed by atoms with Gasteiger partial charge in [-0.25, -0.2) is 0 Å². The van der Waals surface area contributed by atoms with Crippen molar-refractivity contribution in [1.82, 2.24) is 10.6 Å². The summed E-state index contributed by atoms with van der Waals surface area (Å²) in [6.45, 7) is 11.3. The number of ether oxygens (including phenoxy) is 1. The largest absolute Gasteiger partial charge is 0.380 e. The number of amides is 1. The molecule has 0 saturated carbocycles. The van der Waals surface area contributed by atoms with Crippen molar-refractivity contribution in [2.24, 2.45) is 5.92 Å². The van der Waals surface area contributed by atoms with Crippen LogP contribution in [0.2, 0.25) is 0 Å². The van der Waals surface area contributed by atoms with Crippen LogP contribution in [0.15, 0.2) is 0 Å². The quantitative estimate of drug-likeness (QED) is 0.557. The fraction of sp³-hybridized carbons (Fsp3) is 0.929. The molecule has 1 atom stereocenters. The summed E-state index contributed by atoms with van der Waals surface area (Å²) < 4.78 is 5.48. The van der Waals surface area contributed by atoms with Crippen molar-refractivity contribution in [3.63, 3.8) is 0 Å². The Morgan fingerprint density at radius 1 is 1.17 bits per heavy atom. The Kier molecular flexibility index (Phi) is 11.1. The molecule has 0 saturated heterocycles. The summed E-state index contributed by atoms with van der Waals surface area (Å²) in [7, 11) is 0. The standard InChI is InChI=1S/C14H30N2O2/c1-5-6-8-16-14(17)13(4)15-9-11-18-10-7-12(2)3/h12-13,15H,5-11H2,1-4H3,(H,16,17). The SMILES string of the molecule is CCCCNC(=O)C(C)NCCOCCC(C)C. The van der Waals surface area contributed by atoms with Crippen molar-refractivity contribution in [3.8, 4) is 0 Å². The Labute approximate surface area is 112 Å². The van der Waals surface area contributed by atoms with Gasteiger partial charge in [0.2, 0.25) is 5.91 Å². The number of carbonyl (C=O) groups excluding carboxylic acids is 1. The van der Waals surface area contributed by atoms with Crippen molar-refractivity contribution in [3.05, 3.63) is 0 Å². The summed E-state index contributed by atoms with van der Waals surface area (Å²) in [5.41, 5.74) is 0. The molecule has 0 aromatic carbocycles. The van der Waals surface area contributed by atoms with Crippen LogP contribution in [-0.4, -0.2) is 38.3 Å². The first-order valence-electron chi connectivity index (χ1n) is 7.16. The van der Waals surface area contributed by atoms with Gasteiger partial charge in [0.05, 0.1) is 12.6 Å². The average Bonchev–Trinajstić information content (AvgIpc) is 2.33. The second-order valence-electron chi connectivity index (χ2n) is 5.12. The van der Waals surface area contributed by atoms with E-state index in [1.807, 2.05) is 6.92 Å². The predicted molar refractivity (Wildman–Crippen MR) is 75.7 cm³/mol. The maximum Gasteiger partial charge on any atom is 0.236 e. The molecule has 108 valence electrons. The van der Waals surface area contributed by atoms with Gasteiger partial charge in [0.15, 0.2) is 0 Å². The van der Waals surface area contributed by atoms with Crippen LogP contribution in [0.4, 0.5) is 0 Å². The zero-order valence-electron chi connectivity index (χ0n) is 12.4. The second-order valence-corrected chi connectivity index (χ2v) is 5.12. The van der Waals surface area contributed by atoms with Crippen LogP contribution in [0.25, 0.3) is 0 Å².